The smallest absolute Gasteiger partial charge is 0.326 e. The molecule has 1 aromatic heterocycles. The van der Waals surface area contributed by atoms with E-state index in [-0.39, 0.29) is 0 Å². The van der Waals surface area contributed by atoms with Crippen molar-refractivity contribution in [2.24, 2.45) is 0 Å². The summed E-state index contributed by atoms with van der Waals surface area (Å²) in [5, 5.41) is 16.8. The summed E-state index contributed by atoms with van der Waals surface area (Å²) in [6.45, 7) is 5.51. The van der Waals surface area contributed by atoms with Crippen molar-refractivity contribution in [3.8, 4) is 0 Å². The summed E-state index contributed by atoms with van der Waals surface area (Å²) < 4.78 is 0. The highest BCUT2D eigenvalue weighted by molar-refractivity contribution is 7.09. The zero-order valence-corrected chi connectivity index (χ0v) is 12.1. The highest BCUT2D eigenvalue weighted by Crippen LogP contribution is 2.21. The number of carboxylic acid groups (broad SMARTS) is 1. The summed E-state index contributed by atoms with van der Waals surface area (Å²) in [5.41, 5.74) is -0.631. The maximum absolute atomic E-state index is 11.8. The van der Waals surface area contributed by atoms with Crippen LogP contribution in [0.2, 0.25) is 0 Å². The number of nitrogens with one attached hydrogen (secondary N) is 2. The lowest BCUT2D eigenvalue weighted by molar-refractivity contribution is -0.139. The molecule has 0 spiro atoms. The van der Waals surface area contributed by atoms with Gasteiger partial charge in [0.15, 0.2) is 0 Å². The highest BCUT2D eigenvalue weighted by atomic mass is 32.1. The van der Waals surface area contributed by atoms with Crippen molar-refractivity contribution in [2.45, 2.75) is 45.2 Å². The second-order valence-corrected chi connectivity index (χ2v) is 5.63. The lowest BCUT2D eigenvalue weighted by Crippen LogP contribution is -2.51. The molecule has 0 aliphatic rings. The molecule has 1 rings (SSSR count). The van der Waals surface area contributed by atoms with Crippen molar-refractivity contribution >= 4 is 23.3 Å². The Hall–Kier alpha value is -1.63. The van der Waals surface area contributed by atoms with Gasteiger partial charge in [0.1, 0.15) is 11.0 Å². The Kier molecular flexibility index (Phi) is 5.29. The maximum Gasteiger partial charge on any atom is 0.326 e. The summed E-state index contributed by atoms with van der Waals surface area (Å²) in [6, 6.07) is -1.36. The summed E-state index contributed by atoms with van der Waals surface area (Å²) in [4.78, 5) is 27.0. The molecule has 3 N–H and O–H groups in total. The first-order chi connectivity index (χ1) is 8.86. The van der Waals surface area contributed by atoms with Gasteiger partial charge in [-0.15, -0.1) is 11.3 Å². The first-order valence-corrected chi connectivity index (χ1v) is 6.96. The quantitative estimate of drug-likeness (QED) is 0.744. The van der Waals surface area contributed by atoms with Crippen molar-refractivity contribution in [2.75, 3.05) is 0 Å². The number of carbonyl (C=O) groups excluding carboxylic acids is 1. The van der Waals surface area contributed by atoms with Crippen LogP contribution in [0.5, 0.6) is 0 Å². The van der Waals surface area contributed by atoms with Gasteiger partial charge in [-0.05, 0) is 20.3 Å². The Bertz CT molecular complexity index is 431. The molecule has 1 aromatic rings. The van der Waals surface area contributed by atoms with Crippen LogP contribution in [0.25, 0.3) is 0 Å². The third-order valence-electron chi connectivity index (χ3n) is 2.57. The Morgan fingerprint density at radius 2 is 2.21 bits per heavy atom. The van der Waals surface area contributed by atoms with E-state index in [0.29, 0.717) is 12.8 Å². The van der Waals surface area contributed by atoms with E-state index in [9.17, 15) is 9.59 Å². The minimum Gasteiger partial charge on any atom is -0.480 e. The minimum absolute atomic E-state index is 0.403. The number of hydrogen-bond donors (Lipinski definition) is 3. The summed E-state index contributed by atoms with van der Waals surface area (Å²) in [7, 11) is 0. The molecular weight excluding hydrogens is 266 g/mol. The first kappa shape index (κ1) is 15.4. The number of urea groups is 1. The molecule has 19 heavy (non-hydrogen) atoms. The second-order valence-electron chi connectivity index (χ2n) is 4.74. The third-order valence-corrected chi connectivity index (χ3v) is 3.67. The third kappa shape index (κ3) is 4.51. The fraction of sp³-hybridized carbons (Fsp3) is 0.583. The zero-order chi connectivity index (χ0) is 14.5. The van der Waals surface area contributed by atoms with E-state index in [4.69, 9.17) is 5.11 Å². The fourth-order valence-corrected chi connectivity index (χ4v) is 2.33. The van der Waals surface area contributed by atoms with Crippen LogP contribution in [0, 0.1) is 0 Å². The number of amides is 2. The van der Waals surface area contributed by atoms with E-state index in [1.165, 1.54) is 11.3 Å². The predicted molar refractivity (Wildman–Crippen MR) is 73.1 cm³/mol. The van der Waals surface area contributed by atoms with Gasteiger partial charge < -0.3 is 15.7 Å². The largest absolute Gasteiger partial charge is 0.480 e. The number of aliphatic carboxylic acids is 1. The van der Waals surface area contributed by atoms with E-state index in [0.717, 1.165) is 5.01 Å². The predicted octanol–water partition coefficient (Wildman–Crippen LogP) is 1.93. The lowest BCUT2D eigenvalue weighted by atomic mass is 10.1. The SMILES string of the molecule is CCCC(NC(=O)NC(C)(C)c1nccs1)C(=O)O. The van der Waals surface area contributed by atoms with Crippen LogP contribution >= 0.6 is 11.3 Å². The standard InChI is InChI=1S/C12H19N3O3S/c1-4-5-8(9(16)17)14-11(18)15-12(2,3)10-13-6-7-19-10/h6-8H,4-5H2,1-3H3,(H,16,17)(H2,14,15,18). The van der Waals surface area contributed by atoms with Crippen LogP contribution in [-0.2, 0) is 10.3 Å². The Morgan fingerprint density at radius 1 is 1.53 bits per heavy atom. The number of rotatable bonds is 6. The van der Waals surface area contributed by atoms with Crippen LogP contribution in [0.4, 0.5) is 4.79 Å². The molecular formula is C12H19N3O3S. The molecule has 6 nitrogen and oxygen atoms in total. The zero-order valence-electron chi connectivity index (χ0n) is 11.3. The maximum atomic E-state index is 11.8. The first-order valence-electron chi connectivity index (χ1n) is 6.08. The molecule has 0 saturated heterocycles. The van der Waals surface area contributed by atoms with Crippen molar-refractivity contribution in [1.82, 2.24) is 15.6 Å². The molecule has 1 atom stereocenters. The Balaban J connectivity index is 2.61. The number of hydrogen-bond acceptors (Lipinski definition) is 4. The molecule has 106 valence electrons. The van der Waals surface area contributed by atoms with E-state index in [1.807, 2.05) is 26.2 Å². The molecule has 0 bridgehead atoms. The van der Waals surface area contributed by atoms with Crippen LogP contribution in [0.1, 0.15) is 38.6 Å². The van der Waals surface area contributed by atoms with Crippen LogP contribution in [0.15, 0.2) is 11.6 Å². The number of thiazole rings is 1. The minimum atomic E-state index is -1.02. The van der Waals surface area contributed by atoms with Gasteiger partial charge in [-0.1, -0.05) is 13.3 Å². The molecule has 0 saturated carbocycles. The van der Waals surface area contributed by atoms with Crippen molar-refractivity contribution in [3.63, 3.8) is 0 Å². The Morgan fingerprint density at radius 3 is 2.68 bits per heavy atom. The van der Waals surface area contributed by atoms with E-state index < -0.39 is 23.6 Å². The molecule has 0 aliphatic carbocycles. The number of aromatic nitrogens is 1. The van der Waals surface area contributed by atoms with Gasteiger partial charge >= 0.3 is 12.0 Å². The molecule has 0 aromatic carbocycles. The lowest BCUT2D eigenvalue weighted by Gasteiger charge is -2.25. The average Bonchev–Trinajstić information content (AvgIpc) is 2.81. The monoisotopic (exact) mass is 285 g/mol. The van der Waals surface area contributed by atoms with Gasteiger partial charge in [-0.25, -0.2) is 14.6 Å². The molecule has 0 radical (unpaired) electrons. The normalized spacial score (nSPS) is 12.8. The topological polar surface area (TPSA) is 91.3 Å². The van der Waals surface area contributed by atoms with Crippen molar-refractivity contribution in [3.05, 3.63) is 16.6 Å². The number of carboxylic acids is 1. The van der Waals surface area contributed by atoms with Crippen LogP contribution in [0.3, 0.4) is 0 Å². The van der Waals surface area contributed by atoms with E-state index in [2.05, 4.69) is 15.6 Å². The summed E-state index contributed by atoms with van der Waals surface area (Å²) in [6.07, 6.45) is 2.76. The molecule has 7 heteroatoms. The van der Waals surface area contributed by atoms with Crippen molar-refractivity contribution in [1.29, 1.82) is 0 Å². The van der Waals surface area contributed by atoms with Gasteiger partial charge in [-0.3, -0.25) is 0 Å². The molecule has 2 amide bonds. The highest BCUT2D eigenvalue weighted by Gasteiger charge is 2.27. The fourth-order valence-electron chi connectivity index (χ4n) is 1.61. The molecule has 1 heterocycles. The van der Waals surface area contributed by atoms with Crippen LogP contribution < -0.4 is 10.6 Å². The van der Waals surface area contributed by atoms with Gasteiger partial charge in [0, 0.05) is 11.6 Å². The number of carbonyl (C=O) groups is 2. The second kappa shape index (κ2) is 6.51. The average molecular weight is 285 g/mol. The van der Waals surface area contributed by atoms with E-state index in [1.54, 1.807) is 6.20 Å². The molecule has 0 fully saturated rings. The molecule has 0 aliphatic heterocycles. The van der Waals surface area contributed by atoms with Gasteiger partial charge in [0.05, 0.1) is 5.54 Å². The summed E-state index contributed by atoms with van der Waals surface area (Å²) in [5.74, 6) is -1.02. The van der Waals surface area contributed by atoms with Crippen LogP contribution in [-0.4, -0.2) is 28.1 Å². The van der Waals surface area contributed by atoms with Crippen molar-refractivity contribution < 1.29 is 14.7 Å². The van der Waals surface area contributed by atoms with Gasteiger partial charge in [0.2, 0.25) is 0 Å². The molecule has 1 unspecified atom stereocenters. The van der Waals surface area contributed by atoms with Gasteiger partial charge in [0.25, 0.3) is 0 Å². The summed E-state index contributed by atoms with van der Waals surface area (Å²) >= 11 is 1.44. The number of nitrogens with zero attached hydrogens (tertiary/aromatic N) is 1. The Labute approximate surface area is 116 Å². The van der Waals surface area contributed by atoms with Gasteiger partial charge in [-0.2, -0.15) is 0 Å². The van der Waals surface area contributed by atoms with E-state index >= 15 is 0 Å².